The van der Waals surface area contributed by atoms with E-state index in [1.165, 1.54) is 4.31 Å². The normalized spacial score (nSPS) is 19.9. The van der Waals surface area contributed by atoms with E-state index in [4.69, 9.17) is 0 Å². The van der Waals surface area contributed by atoms with Gasteiger partial charge in [0, 0.05) is 32.2 Å². The molecule has 0 N–H and O–H groups in total. The highest BCUT2D eigenvalue weighted by Crippen LogP contribution is 2.11. The van der Waals surface area contributed by atoms with E-state index < -0.39 is 25.6 Å². The molecule has 0 spiro atoms. The van der Waals surface area contributed by atoms with Gasteiger partial charge in [-0.1, -0.05) is 0 Å². The number of nitrogens with zero attached hydrogens (tertiary/aromatic N) is 1. The number of sulfone groups is 1. The predicted octanol–water partition coefficient (Wildman–Crippen LogP) is -0.974. The summed E-state index contributed by atoms with van der Waals surface area (Å²) in [6, 6.07) is 0. The first kappa shape index (κ1) is 13.6. The van der Waals surface area contributed by atoms with Crippen LogP contribution in [0.25, 0.3) is 0 Å². The van der Waals surface area contributed by atoms with Crippen molar-refractivity contribution in [3.63, 3.8) is 0 Å². The third kappa shape index (κ3) is 4.18. The Labute approximate surface area is 95.6 Å². The SMILES string of the molecule is CS(=O)(=O)CCS(=O)(=O)N1CCC(=O)CC1. The average molecular weight is 269 g/mol. The Balaban J connectivity index is 2.61. The van der Waals surface area contributed by atoms with Crippen molar-refractivity contribution in [2.45, 2.75) is 12.8 Å². The van der Waals surface area contributed by atoms with Gasteiger partial charge in [-0.15, -0.1) is 0 Å². The lowest BCUT2D eigenvalue weighted by Gasteiger charge is -2.24. The molecule has 0 aromatic rings. The minimum absolute atomic E-state index is 0.0505. The number of carbonyl (C=O) groups excluding carboxylic acids is 1. The van der Waals surface area contributed by atoms with Crippen molar-refractivity contribution >= 4 is 25.6 Å². The molecule has 1 fully saturated rings. The van der Waals surface area contributed by atoms with Gasteiger partial charge in [-0.25, -0.2) is 21.1 Å². The first-order valence-electron chi connectivity index (χ1n) is 4.88. The van der Waals surface area contributed by atoms with Gasteiger partial charge < -0.3 is 0 Å². The van der Waals surface area contributed by atoms with Crippen molar-refractivity contribution in [2.75, 3.05) is 30.9 Å². The molecule has 1 heterocycles. The van der Waals surface area contributed by atoms with Crippen molar-refractivity contribution in [2.24, 2.45) is 0 Å². The van der Waals surface area contributed by atoms with Gasteiger partial charge in [0.25, 0.3) is 0 Å². The monoisotopic (exact) mass is 269 g/mol. The zero-order valence-electron chi connectivity index (χ0n) is 9.05. The topological polar surface area (TPSA) is 88.6 Å². The summed E-state index contributed by atoms with van der Waals surface area (Å²) in [5.74, 6) is -0.727. The highest BCUT2D eigenvalue weighted by Gasteiger charge is 2.27. The van der Waals surface area contributed by atoms with E-state index in [2.05, 4.69) is 0 Å². The van der Waals surface area contributed by atoms with Crippen molar-refractivity contribution in [1.82, 2.24) is 4.31 Å². The van der Waals surface area contributed by atoms with Crippen LogP contribution in [0.1, 0.15) is 12.8 Å². The molecule has 0 unspecified atom stereocenters. The Morgan fingerprint density at radius 1 is 1.06 bits per heavy atom. The predicted molar refractivity (Wildman–Crippen MR) is 59.3 cm³/mol. The molecule has 0 aliphatic carbocycles. The van der Waals surface area contributed by atoms with Crippen LogP contribution in [0.2, 0.25) is 0 Å². The van der Waals surface area contributed by atoms with Crippen LogP contribution in [-0.4, -0.2) is 57.8 Å². The molecule has 0 bridgehead atoms. The molecule has 1 aliphatic heterocycles. The van der Waals surface area contributed by atoms with Crippen LogP contribution in [0.4, 0.5) is 0 Å². The number of ketones is 1. The van der Waals surface area contributed by atoms with Gasteiger partial charge in [-0.2, -0.15) is 0 Å². The van der Waals surface area contributed by atoms with Gasteiger partial charge in [0.05, 0.1) is 11.5 Å². The summed E-state index contributed by atoms with van der Waals surface area (Å²) < 4.78 is 46.3. The van der Waals surface area contributed by atoms with Gasteiger partial charge >= 0.3 is 0 Å². The van der Waals surface area contributed by atoms with Gasteiger partial charge in [0.15, 0.2) is 0 Å². The molecular weight excluding hydrogens is 254 g/mol. The van der Waals surface area contributed by atoms with Crippen molar-refractivity contribution in [3.05, 3.63) is 0 Å². The standard InChI is InChI=1S/C8H15NO5S2/c1-15(11,12)6-7-16(13,14)9-4-2-8(10)3-5-9/h2-7H2,1H3. The quantitative estimate of drug-likeness (QED) is 0.655. The molecule has 0 radical (unpaired) electrons. The maximum atomic E-state index is 11.7. The van der Waals surface area contributed by atoms with Gasteiger partial charge in [-0.05, 0) is 0 Å². The number of sulfonamides is 1. The second kappa shape index (κ2) is 4.80. The van der Waals surface area contributed by atoms with Crippen LogP contribution in [0, 0.1) is 0 Å². The number of Topliss-reactive ketones (excluding diaryl/α,β-unsaturated/α-hetero) is 1. The fourth-order valence-corrected chi connectivity index (χ4v) is 4.45. The molecule has 94 valence electrons. The molecular formula is C8H15NO5S2. The molecule has 1 rings (SSSR count). The van der Waals surface area contributed by atoms with Crippen LogP contribution in [-0.2, 0) is 24.7 Å². The number of carbonyl (C=O) groups is 1. The molecule has 16 heavy (non-hydrogen) atoms. The van der Waals surface area contributed by atoms with Gasteiger partial charge in [-0.3, -0.25) is 4.79 Å². The maximum absolute atomic E-state index is 11.7. The highest BCUT2D eigenvalue weighted by atomic mass is 32.2. The number of piperidine rings is 1. The second-order valence-corrected chi connectivity index (χ2v) is 8.23. The third-order valence-electron chi connectivity index (χ3n) is 2.39. The largest absolute Gasteiger partial charge is 0.300 e. The van der Waals surface area contributed by atoms with E-state index in [-0.39, 0.29) is 37.5 Å². The summed E-state index contributed by atoms with van der Waals surface area (Å²) in [6.45, 7) is 0.343. The number of hydrogen-bond acceptors (Lipinski definition) is 5. The summed E-state index contributed by atoms with van der Waals surface area (Å²) in [5.41, 5.74) is 0. The van der Waals surface area contributed by atoms with E-state index in [9.17, 15) is 21.6 Å². The van der Waals surface area contributed by atoms with Crippen LogP contribution in [0.15, 0.2) is 0 Å². The van der Waals surface area contributed by atoms with E-state index >= 15 is 0 Å². The molecule has 1 aliphatic rings. The Morgan fingerprint density at radius 3 is 2.00 bits per heavy atom. The molecule has 8 heteroatoms. The fraction of sp³-hybridized carbons (Fsp3) is 0.875. The van der Waals surface area contributed by atoms with E-state index in [0.717, 1.165) is 6.26 Å². The van der Waals surface area contributed by atoms with Gasteiger partial charge in [0.1, 0.15) is 15.6 Å². The summed E-state index contributed by atoms with van der Waals surface area (Å²) in [4.78, 5) is 10.9. The molecule has 0 saturated carbocycles. The first-order valence-corrected chi connectivity index (χ1v) is 8.55. The summed E-state index contributed by atoms with van der Waals surface area (Å²) in [5, 5.41) is 0. The average Bonchev–Trinajstić information content (AvgIpc) is 2.15. The molecule has 0 aromatic heterocycles. The van der Waals surface area contributed by atoms with E-state index in [0.29, 0.717) is 0 Å². The smallest absolute Gasteiger partial charge is 0.215 e. The Bertz CT molecular complexity index is 455. The highest BCUT2D eigenvalue weighted by molar-refractivity contribution is 7.93. The Morgan fingerprint density at radius 2 is 1.56 bits per heavy atom. The van der Waals surface area contributed by atoms with Crippen molar-refractivity contribution in [1.29, 1.82) is 0 Å². The number of hydrogen-bond donors (Lipinski definition) is 0. The minimum Gasteiger partial charge on any atom is -0.300 e. The lowest BCUT2D eigenvalue weighted by atomic mass is 10.1. The van der Waals surface area contributed by atoms with Crippen LogP contribution < -0.4 is 0 Å². The van der Waals surface area contributed by atoms with Crippen LogP contribution in [0.5, 0.6) is 0 Å². The molecule has 6 nitrogen and oxygen atoms in total. The summed E-state index contributed by atoms with van der Waals surface area (Å²) in [7, 11) is -6.82. The lowest BCUT2D eigenvalue weighted by Crippen LogP contribution is -2.40. The maximum Gasteiger partial charge on any atom is 0.215 e. The van der Waals surface area contributed by atoms with E-state index in [1.54, 1.807) is 0 Å². The second-order valence-electron chi connectivity index (χ2n) is 3.88. The minimum atomic E-state index is -3.54. The molecule has 0 atom stereocenters. The first-order chi connectivity index (χ1) is 7.21. The zero-order chi connectivity index (χ0) is 12.4. The Hall–Kier alpha value is -0.470. The van der Waals surface area contributed by atoms with Crippen LogP contribution >= 0.6 is 0 Å². The Kier molecular flexibility index (Phi) is 4.08. The zero-order valence-corrected chi connectivity index (χ0v) is 10.7. The van der Waals surface area contributed by atoms with E-state index in [1.807, 2.05) is 0 Å². The van der Waals surface area contributed by atoms with Crippen molar-refractivity contribution < 1.29 is 21.6 Å². The van der Waals surface area contributed by atoms with Gasteiger partial charge in [0.2, 0.25) is 10.0 Å². The van der Waals surface area contributed by atoms with Crippen molar-refractivity contribution in [3.8, 4) is 0 Å². The number of rotatable bonds is 4. The van der Waals surface area contributed by atoms with Crippen LogP contribution in [0.3, 0.4) is 0 Å². The lowest BCUT2D eigenvalue weighted by molar-refractivity contribution is -0.120. The summed E-state index contributed by atoms with van der Waals surface area (Å²) >= 11 is 0. The molecule has 0 amide bonds. The molecule has 0 aromatic carbocycles. The third-order valence-corrected chi connectivity index (χ3v) is 5.46. The molecule has 1 saturated heterocycles. The fourth-order valence-electron chi connectivity index (χ4n) is 1.40. The summed E-state index contributed by atoms with van der Waals surface area (Å²) in [6.07, 6.45) is 1.44.